The Morgan fingerprint density at radius 3 is 2.74 bits per heavy atom. The first-order valence-electron chi connectivity index (χ1n) is 5.56. The Balaban J connectivity index is 2.37. The molecular formula is C12H11F3N2O2. The number of fused-ring (bicyclic) bond motifs is 1. The molecule has 102 valence electrons. The van der Waals surface area contributed by atoms with E-state index in [4.69, 9.17) is 5.11 Å². The van der Waals surface area contributed by atoms with E-state index in [2.05, 4.69) is 10.2 Å². The maximum Gasteiger partial charge on any atom is 0.416 e. The highest BCUT2D eigenvalue weighted by atomic mass is 19.4. The van der Waals surface area contributed by atoms with Crippen molar-refractivity contribution in [3.05, 3.63) is 29.5 Å². The number of alkyl halides is 3. The Labute approximate surface area is 106 Å². The molecule has 4 nitrogen and oxygen atoms in total. The summed E-state index contributed by atoms with van der Waals surface area (Å²) >= 11 is 0. The van der Waals surface area contributed by atoms with Gasteiger partial charge in [-0.3, -0.25) is 9.89 Å². The first kappa shape index (κ1) is 13.4. The minimum absolute atomic E-state index is 0.167. The van der Waals surface area contributed by atoms with Crippen LogP contribution in [0.1, 0.15) is 18.2 Å². The van der Waals surface area contributed by atoms with Crippen LogP contribution in [0.4, 0.5) is 13.2 Å². The summed E-state index contributed by atoms with van der Waals surface area (Å²) in [6.45, 7) is 1.52. The van der Waals surface area contributed by atoms with Crippen LogP contribution in [0.5, 0.6) is 0 Å². The number of benzene rings is 1. The van der Waals surface area contributed by atoms with E-state index in [9.17, 15) is 18.0 Å². The Morgan fingerprint density at radius 2 is 2.16 bits per heavy atom. The Hall–Kier alpha value is -2.05. The third kappa shape index (κ3) is 2.69. The maximum absolute atomic E-state index is 12.5. The number of carboxylic acid groups (broad SMARTS) is 1. The van der Waals surface area contributed by atoms with Crippen LogP contribution in [0.15, 0.2) is 18.2 Å². The van der Waals surface area contributed by atoms with Crippen LogP contribution in [-0.4, -0.2) is 21.3 Å². The highest BCUT2D eigenvalue weighted by Gasteiger charge is 2.30. The van der Waals surface area contributed by atoms with Crippen molar-refractivity contribution in [1.82, 2.24) is 10.2 Å². The molecule has 1 heterocycles. The summed E-state index contributed by atoms with van der Waals surface area (Å²) in [5, 5.41) is 15.7. The lowest BCUT2D eigenvalue weighted by molar-refractivity contribution is -0.141. The summed E-state index contributed by atoms with van der Waals surface area (Å²) in [5.74, 6) is -1.61. The zero-order chi connectivity index (χ0) is 14.2. The molecule has 0 bridgehead atoms. The van der Waals surface area contributed by atoms with Gasteiger partial charge in [-0.25, -0.2) is 0 Å². The van der Waals surface area contributed by atoms with Crippen molar-refractivity contribution in [2.24, 2.45) is 5.92 Å². The van der Waals surface area contributed by atoms with Crippen molar-refractivity contribution in [3.63, 3.8) is 0 Å². The molecule has 2 rings (SSSR count). The highest BCUT2D eigenvalue weighted by Crippen LogP contribution is 2.31. The molecule has 1 aromatic carbocycles. The molecule has 1 atom stereocenters. The molecule has 2 N–H and O–H groups in total. The molecular weight excluding hydrogens is 261 g/mol. The van der Waals surface area contributed by atoms with Gasteiger partial charge in [0.2, 0.25) is 0 Å². The van der Waals surface area contributed by atoms with Crippen molar-refractivity contribution in [2.75, 3.05) is 0 Å². The third-order valence-corrected chi connectivity index (χ3v) is 2.89. The second-order valence-electron chi connectivity index (χ2n) is 4.37. The smallest absolute Gasteiger partial charge is 0.416 e. The van der Waals surface area contributed by atoms with Crippen molar-refractivity contribution < 1.29 is 23.1 Å². The van der Waals surface area contributed by atoms with Crippen molar-refractivity contribution in [1.29, 1.82) is 0 Å². The second-order valence-corrected chi connectivity index (χ2v) is 4.37. The molecule has 0 aliphatic carbocycles. The average molecular weight is 272 g/mol. The first-order valence-corrected chi connectivity index (χ1v) is 5.56. The molecule has 1 unspecified atom stereocenters. The number of hydrogen-bond acceptors (Lipinski definition) is 2. The number of nitrogens with zero attached hydrogens (tertiary/aromatic N) is 1. The number of halogens is 3. The second kappa shape index (κ2) is 4.56. The van der Waals surface area contributed by atoms with E-state index in [-0.39, 0.29) is 11.9 Å². The molecule has 0 aliphatic heterocycles. The van der Waals surface area contributed by atoms with Gasteiger partial charge in [0, 0.05) is 11.8 Å². The van der Waals surface area contributed by atoms with Crippen LogP contribution >= 0.6 is 0 Å². The minimum Gasteiger partial charge on any atom is -0.481 e. The summed E-state index contributed by atoms with van der Waals surface area (Å²) in [5.41, 5.74) is -0.0532. The van der Waals surface area contributed by atoms with Gasteiger partial charge in [0.15, 0.2) is 0 Å². The predicted molar refractivity (Wildman–Crippen MR) is 61.6 cm³/mol. The molecule has 0 saturated carbocycles. The lowest BCUT2D eigenvalue weighted by Crippen LogP contribution is -2.12. The van der Waals surface area contributed by atoms with Gasteiger partial charge in [-0.15, -0.1) is 0 Å². The van der Waals surface area contributed by atoms with E-state index in [1.54, 1.807) is 0 Å². The Bertz CT molecular complexity index is 619. The molecule has 0 saturated heterocycles. The van der Waals surface area contributed by atoms with E-state index in [1.807, 2.05) is 0 Å². The summed E-state index contributed by atoms with van der Waals surface area (Å²) in [6, 6.07) is 3.25. The average Bonchev–Trinajstić information content (AvgIpc) is 2.70. The fraction of sp³-hybridized carbons (Fsp3) is 0.333. The van der Waals surface area contributed by atoms with Gasteiger partial charge in [0.05, 0.1) is 22.7 Å². The van der Waals surface area contributed by atoms with E-state index in [0.29, 0.717) is 11.1 Å². The van der Waals surface area contributed by atoms with E-state index in [0.717, 1.165) is 12.1 Å². The SMILES string of the molecule is CC(Cc1n[nH]c2cc(C(F)(F)F)ccc12)C(=O)O. The normalized spacial score (nSPS) is 13.7. The molecule has 0 aliphatic rings. The summed E-state index contributed by atoms with van der Waals surface area (Å²) in [6.07, 6.45) is -4.24. The number of aromatic amines is 1. The van der Waals surface area contributed by atoms with Gasteiger partial charge in [0.1, 0.15) is 0 Å². The highest BCUT2D eigenvalue weighted by molar-refractivity contribution is 5.82. The summed E-state index contributed by atoms with van der Waals surface area (Å²) in [7, 11) is 0. The van der Waals surface area contributed by atoms with Crippen LogP contribution in [0, 0.1) is 5.92 Å². The molecule has 19 heavy (non-hydrogen) atoms. The first-order chi connectivity index (χ1) is 8.79. The van der Waals surface area contributed by atoms with Gasteiger partial charge >= 0.3 is 12.1 Å². The lowest BCUT2D eigenvalue weighted by atomic mass is 10.0. The zero-order valence-electron chi connectivity index (χ0n) is 9.95. The quantitative estimate of drug-likeness (QED) is 0.902. The topological polar surface area (TPSA) is 66.0 Å². The summed E-state index contributed by atoms with van der Waals surface area (Å²) < 4.78 is 37.6. The largest absolute Gasteiger partial charge is 0.481 e. The van der Waals surface area contributed by atoms with E-state index >= 15 is 0 Å². The fourth-order valence-electron chi connectivity index (χ4n) is 1.79. The van der Waals surface area contributed by atoms with Crippen molar-refractivity contribution >= 4 is 16.9 Å². The van der Waals surface area contributed by atoms with Crippen LogP contribution in [0.25, 0.3) is 10.9 Å². The fourth-order valence-corrected chi connectivity index (χ4v) is 1.79. The van der Waals surface area contributed by atoms with E-state index < -0.39 is 23.6 Å². The standard InChI is InChI=1S/C12H11F3N2O2/c1-6(11(18)19)4-9-8-3-2-7(12(13,14)15)5-10(8)17-16-9/h2-3,5-6H,4H2,1H3,(H,16,17)(H,18,19). The molecule has 1 aromatic heterocycles. The monoisotopic (exact) mass is 272 g/mol. The van der Waals surface area contributed by atoms with Gasteiger partial charge < -0.3 is 5.11 Å². The number of nitrogens with one attached hydrogen (secondary N) is 1. The van der Waals surface area contributed by atoms with Crippen LogP contribution in [-0.2, 0) is 17.4 Å². The Kier molecular flexibility index (Phi) is 3.21. The van der Waals surface area contributed by atoms with Gasteiger partial charge in [-0.2, -0.15) is 18.3 Å². The van der Waals surface area contributed by atoms with Gasteiger partial charge in [-0.05, 0) is 12.1 Å². The van der Waals surface area contributed by atoms with Gasteiger partial charge in [-0.1, -0.05) is 13.0 Å². The maximum atomic E-state index is 12.5. The van der Waals surface area contributed by atoms with Gasteiger partial charge in [0.25, 0.3) is 0 Å². The number of hydrogen-bond donors (Lipinski definition) is 2. The van der Waals surface area contributed by atoms with E-state index in [1.165, 1.54) is 13.0 Å². The summed E-state index contributed by atoms with van der Waals surface area (Å²) in [4.78, 5) is 10.8. The number of rotatable bonds is 3. The number of carboxylic acids is 1. The molecule has 7 heteroatoms. The zero-order valence-corrected chi connectivity index (χ0v) is 9.95. The number of H-pyrrole nitrogens is 1. The Morgan fingerprint density at radius 1 is 1.47 bits per heavy atom. The molecule has 0 radical (unpaired) electrons. The molecule has 0 fully saturated rings. The number of aromatic nitrogens is 2. The molecule has 2 aromatic rings. The molecule has 0 amide bonds. The van der Waals surface area contributed by atoms with Crippen molar-refractivity contribution in [2.45, 2.75) is 19.5 Å². The number of carbonyl (C=O) groups is 1. The number of aliphatic carboxylic acids is 1. The van der Waals surface area contributed by atoms with Crippen molar-refractivity contribution in [3.8, 4) is 0 Å². The van der Waals surface area contributed by atoms with Crippen LogP contribution in [0.3, 0.4) is 0 Å². The predicted octanol–water partition coefficient (Wildman–Crippen LogP) is 2.84. The van der Waals surface area contributed by atoms with Crippen LogP contribution in [0.2, 0.25) is 0 Å². The molecule has 0 spiro atoms. The minimum atomic E-state index is -4.41. The third-order valence-electron chi connectivity index (χ3n) is 2.89. The lowest BCUT2D eigenvalue weighted by Gasteiger charge is -2.06. The van der Waals surface area contributed by atoms with Crippen LogP contribution < -0.4 is 0 Å².